The maximum absolute atomic E-state index is 9.55. The molecule has 0 aliphatic rings. The van der Waals surface area contributed by atoms with Gasteiger partial charge in [-0.25, -0.2) is 9.59 Å². The van der Waals surface area contributed by atoms with Gasteiger partial charge in [-0.05, 0) is 12.2 Å². The second-order valence-corrected chi connectivity index (χ2v) is 1.98. The molecular formula is C8H6KNaO8. The average molecular weight is 292 g/mol. The maximum atomic E-state index is 9.55. The van der Waals surface area contributed by atoms with Gasteiger partial charge in [-0.2, -0.15) is 0 Å². The molecule has 88 valence electrons. The molecule has 18 heavy (non-hydrogen) atoms. The summed E-state index contributed by atoms with van der Waals surface area (Å²) in [6.45, 7) is 0. The van der Waals surface area contributed by atoms with E-state index in [-0.39, 0.29) is 80.9 Å². The van der Waals surface area contributed by atoms with Crippen LogP contribution in [0.4, 0.5) is 0 Å². The van der Waals surface area contributed by atoms with Gasteiger partial charge in [0.1, 0.15) is 0 Å². The molecule has 0 aromatic heterocycles. The van der Waals surface area contributed by atoms with Crippen LogP contribution in [0.15, 0.2) is 24.3 Å². The summed E-state index contributed by atoms with van der Waals surface area (Å²) in [4.78, 5) is 37.9. The molecule has 10 heteroatoms. The van der Waals surface area contributed by atoms with Crippen molar-refractivity contribution in [3.05, 3.63) is 24.3 Å². The van der Waals surface area contributed by atoms with Crippen LogP contribution in [0.25, 0.3) is 0 Å². The predicted molar refractivity (Wildman–Crippen MR) is 43.6 cm³/mol. The van der Waals surface area contributed by atoms with Gasteiger partial charge in [0, 0.05) is 12.2 Å². The summed E-state index contributed by atoms with van der Waals surface area (Å²) in [5.74, 6) is -5.61. The Hall–Kier alpha value is -0.00364. The number of hydrogen-bond acceptors (Lipinski definition) is 6. The predicted octanol–water partition coefficient (Wildman–Crippen LogP) is -9.24. The number of hydrogen-bond donors (Lipinski definition) is 2. The molecule has 0 aromatic carbocycles. The number of carboxylic acids is 4. The Bertz CT molecular complexity index is 283. The smallest absolute Gasteiger partial charge is 0.545 e. The molecule has 0 atom stereocenters. The molecule has 0 unspecified atom stereocenters. The molecule has 0 fully saturated rings. The van der Waals surface area contributed by atoms with Crippen molar-refractivity contribution in [1.82, 2.24) is 0 Å². The number of carboxylic acid groups (broad SMARTS) is 4. The Morgan fingerprint density at radius 1 is 0.722 bits per heavy atom. The van der Waals surface area contributed by atoms with Crippen molar-refractivity contribution in [3.8, 4) is 0 Å². The van der Waals surface area contributed by atoms with E-state index in [1.807, 2.05) is 0 Å². The van der Waals surface area contributed by atoms with Crippen LogP contribution >= 0.6 is 0 Å². The Kier molecular flexibility index (Phi) is 25.1. The molecular weight excluding hydrogens is 286 g/mol. The standard InChI is InChI=1S/2C4H4O4.K.Na/c2*5-3(6)1-2-4(7)8;;/h2*1-2H,(H,5,6)(H,7,8);;/q;;2*+1/p-2. The van der Waals surface area contributed by atoms with E-state index in [1.54, 1.807) is 0 Å². The van der Waals surface area contributed by atoms with Crippen molar-refractivity contribution in [1.29, 1.82) is 0 Å². The summed E-state index contributed by atoms with van der Waals surface area (Å²) in [6, 6.07) is 0. The minimum absolute atomic E-state index is 0. The Morgan fingerprint density at radius 3 is 1.06 bits per heavy atom. The Balaban J connectivity index is -0.0000000980. The molecule has 0 radical (unpaired) electrons. The molecule has 2 N–H and O–H groups in total. The van der Waals surface area contributed by atoms with Crippen molar-refractivity contribution >= 4 is 23.9 Å². The Morgan fingerprint density at radius 2 is 0.944 bits per heavy atom. The van der Waals surface area contributed by atoms with Crippen LogP contribution in [0, 0.1) is 0 Å². The van der Waals surface area contributed by atoms with Crippen LogP contribution in [0.1, 0.15) is 0 Å². The van der Waals surface area contributed by atoms with Gasteiger partial charge in [-0.15, -0.1) is 0 Å². The van der Waals surface area contributed by atoms with Crippen LogP contribution in [0.5, 0.6) is 0 Å². The van der Waals surface area contributed by atoms with Gasteiger partial charge in [0.05, 0.1) is 11.9 Å². The minimum Gasteiger partial charge on any atom is -0.545 e. The topological polar surface area (TPSA) is 155 Å². The van der Waals surface area contributed by atoms with Crippen LogP contribution in [-0.4, -0.2) is 34.1 Å². The van der Waals surface area contributed by atoms with Crippen molar-refractivity contribution in [2.75, 3.05) is 0 Å². The fourth-order valence-electron chi connectivity index (χ4n) is 0.279. The third-order valence-corrected chi connectivity index (χ3v) is 0.724. The summed E-state index contributed by atoms with van der Waals surface area (Å²) in [5, 5.41) is 34.5. The van der Waals surface area contributed by atoms with E-state index in [0.29, 0.717) is 24.3 Å². The monoisotopic (exact) mass is 292 g/mol. The number of rotatable bonds is 4. The van der Waals surface area contributed by atoms with E-state index in [0.717, 1.165) is 0 Å². The van der Waals surface area contributed by atoms with E-state index in [1.165, 1.54) is 0 Å². The molecule has 0 saturated heterocycles. The number of carbonyl (C=O) groups is 4. The summed E-state index contributed by atoms with van der Waals surface area (Å²) in [7, 11) is 0. The molecule has 0 saturated carbocycles. The molecule has 0 rings (SSSR count). The zero-order chi connectivity index (χ0) is 13.1. The van der Waals surface area contributed by atoms with Gasteiger partial charge in [-0.3, -0.25) is 0 Å². The first kappa shape index (κ1) is 26.5. The van der Waals surface area contributed by atoms with Crippen molar-refractivity contribution < 1.29 is 121 Å². The third kappa shape index (κ3) is 36.0. The van der Waals surface area contributed by atoms with Crippen LogP contribution < -0.4 is 91.2 Å². The second kappa shape index (κ2) is 17.0. The fourth-order valence-corrected chi connectivity index (χ4v) is 0.279. The van der Waals surface area contributed by atoms with Crippen molar-refractivity contribution in [2.24, 2.45) is 0 Å². The molecule has 0 amide bonds. The van der Waals surface area contributed by atoms with E-state index < -0.39 is 23.9 Å². The quantitative estimate of drug-likeness (QED) is 0.382. The van der Waals surface area contributed by atoms with Crippen molar-refractivity contribution in [2.45, 2.75) is 0 Å². The van der Waals surface area contributed by atoms with Crippen LogP contribution in [0.2, 0.25) is 0 Å². The summed E-state index contributed by atoms with van der Waals surface area (Å²) in [6.07, 6.45) is 1.88. The van der Waals surface area contributed by atoms with E-state index in [9.17, 15) is 29.4 Å². The summed E-state index contributed by atoms with van der Waals surface area (Å²) < 4.78 is 0. The molecule has 0 heterocycles. The summed E-state index contributed by atoms with van der Waals surface area (Å²) >= 11 is 0. The zero-order valence-corrected chi connectivity index (χ0v) is 14.8. The second-order valence-electron chi connectivity index (χ2n) is 1.98. The molecule has 0 aliphatic carbocycles. The van der Waals surface area contributed by atoms with Gasteiger partial charge in [-0.1, -0.05) is 0 Å². The SMILES string of the molecule is O=C(O)C=CC(=O)O.O=C([O-])C=CC(=O)[O-].[K+].[Na+]. The molecule has 0 bridgehead atoms. The van der Waals surface area contributed by atoms with Gasteiger partial charge < -0.3 is 30.0 Å². The first-order chi connectivity index (χ1) is 7.25. The first-order valence-electron chi connectivity index (χ1n) is 3.49. The minimum atomic E-state index is -1.55. The number of aliphatic carboxylic acids is 4. The normalized spacial score (nSPS) is 8.44. The largest absolute Gasteiger partial charge is 1.00 e. The van der Waals surface area contributed by atoms with Gasteiger partial charge in [0.2, 0.25) is 0 Å². The first-order valence-corrected chi connectivity index (χ1v) is 3.49. The van der Waals surface area contributed by atoms with Crippen LogP contribution in [0.3, 0.4) is 0 Å². The van der Waals surface area contributed by atoms with Gasteiger partial charge >= 0.3 is 92.9 Å². The van der Waals surface area contributed by atoms with Gasteiger partial charge in [0.25, 0.3) is 0 Å². The molecule has 0 spiro atoms. The molecule has 8 nitrogen and oxygen atoms in total. The van der Waals surface area contributed by atoms with Crippen LogP contribution in [-0.2, 0) is 19.2 Å². The summed E-state index contributed by atoms with van der Waals surface area (Å²) in [5.41, 5.74) is 0. The van der Waals surface area contributed by atoms with E-state index in [2.05, 4.69) is 0 Å². The maximum Gasteiger partial charge on any atom is 1.00 e. The van der Waals surface area contributed by atoms with Gasteiger partial charge in [0.15, 0.2) is 0 Å². The van der Waals surface area contributed by atoms with E-state index in [4.69, 9.17) is 10.2 Å². The van der Waals surface area contributed by atoms with Crippen molar-refractivity contribution in [3.63, 3.8) is 0 Å². The molecule has 0 aromatic rings. The number of carbonyl (C=O) groups excluding carboxylic acids is 2. The zero-order valence-electron chi connectivity index (χ0n) is 9.65. The van der Waals surface area contributed by atoms with E-state index >= 15 is 0 Å². The fraction of sp³-hybridized carbons (Fsp3) is 0. The Labute approximate surface area is 166 Å². The third-order valence-electron chi connectivity index (χ3n) is 0.724. The average Bonchev–Trinajstić information content (AvgIpc) is 2.12. The molecule has 0 aliphatic heterocycles.